The van der Waals surface area contributed by atoms with Gasteiger partial charge in [-0.3, -0.25) is 10.1 Å². The molecular formula is C13H17ClN2O4S. The van der Waals surface area contributed by atoms with Gasteiger partial charge in [-0.1, -0.05) is 18.5 Å². The lowest BCUT2D eigenvalue weighted by atomic mass is 9.97. The first-order valence-corrected chi connectivity index (χ1v) is 8.51. The average molecular weight is 333 g/mol. The van der Waals surface area contributed by atoms with Crippen molar-refractivity contribution in [3.8, 4) is 0 Å². The van der Waals surface area contributed by atoms with Gasteiger partial charge in [0, 0.05) is 24.7 Å². The number of hydrogen-bond acceptors (Lipinski definition) is 4. The van der Waals surface area contributed by atoms with Crippen LogP contribution in [0.5, 0.6) is 0 Å². The summed E-state index contributed by atoms with van der Waals surface area (Å²) in [4.78, 5) is 10.0. The first-order chi connectivity index (χ1) is 9.73. The van der Waals surface area contributed by atoms with Crippen molar-refractivity contribution in [1.82, 2.24) is 4.31 Å². The number of non-ortho nitro benzene ring substituents is 1. The number of nitrogens with zero attached hydrogens (tertiary/aromatic N) is 2. The molecule has 2 unspecified atom stereocenters. The highest BCUT2D eigenvalue weighted by Crippen LogP contribution is 2.33. The maximum atomic E-state index is 12.8. The first kappa shape index (κ1) is 16.2. The Morgan fingerprint density at radius 2 is 2.00 bits per heavy atom. The number of nitro benzene ring substituents is 1. The number of rotatable bonds is 3. The van der Waals surface area contributed by atoms with E-state index in [-0.39, 0.29) is 27.6 Å². The van der Waals surface area contributed by atoms with E-state index in [4.69, 9.17) is 11.6 Å². The first-order valence-electron chi connectivity index (χ1n) is 6.69. The molecule has 1 aromatic carbocycles. The fourth-order valence-electron chi connectivity index (χ4n) is 2.51. The highest BCUT2D eigenvalue weighted by molar-refractivity contribution is 7.89. The normalized spacial score (nSPS) is 24.0. The Hall–Kier alpha value is -1.18. The fraction of sp³-hybridized carbons (Fsp3) is 0.538. The summed E-state index contributed by atoms with van der Waals surface area (Å²) in [7, 11) is -3.83. The molecule has 21 heavy (non-hydrogen) atoms. The van der Waals surface area contributed by atoms with Crippen LogP contribution in [0.25, 0.3) is 0 Å². The van der Waals surface area contributed by atoms with Crippen molar-refractivity contribution in [1.29, 1.82) is 0 Å². The number of nitro groups is 1. The second kappa shape index (κ2) is 5.90. The van der Waals surface area contributed by atoms with Crippen LogP contribution in [0.4, 0.5) is 5.69 Å². The zero-order chi connectivity index (χ0) is 15.8. The van der Waals surface area contributed by atoms with Crippen molar-refractivity contribution in [3.63, 3.8) is 0 Å². The molecule has 1 heterocycles. The van der Waals surface area contributed by atoms with Crippen LogP contribution in [0.3, 0.4) is 0 Å². The summed E-state index contributed by atoms with van der Waals surface area (Å²) in [6, 6.07) is 3.35. The van der Waals surface area contributed by atoms with Crippen molar-refractivity contribution in [2.45, 2.75) is 37.6 Å². The molecule has 0 radical (unpaired) electrons. The molecule has 0 amide bonds. The molecule has 1 aliphatic heterocycles. The molecule has 1 aliphatic rings. The topological polar surface area (TPSA) is 80.5 Å². The van der Waals surface area contributed by atoms with Crippen molar-refractivity contribution >= 4 is 27.3 Å². The summed E-state index contributed by atoms with van der Waals surface area (Å²) in [5, 5.41) is 10.8. The Kier molecular flexibility index (Phi) is 4.55. The molecule has 116 valence electrons. The third kappa shape index (κ3) is 3.20. The molecule has 2 atom stereocenters. The van der Waals surface area contributed by atoms with E-state index in [1.165, 1.54) is 16.4 Å². The molecule has 2 rings (SSSR count). The molecule has 0 aliphatic carbocycles. The minimum Gasteiger partial charge on any atom is -0.258 e. The van der Waals surface area contributed by atoms with E-state index in [9.17, 15) is 18.5 Å². The van der Waals surface area contributed by atoms with Gasteiger partial charge in [0.05, 0.1) is 9.95 Å². The van der Waals surface area contributed by atoms with Crippen molar-refractivity contribution < 1.29 is 13.3 Å². The lowest BCUT2D eigenvalue weighted by Gasteiger charge is -2.35. The van der Waals surface area contributed by atoms with Gasteiger partial charge in [-0.2, -0.15) is 4.31 Å². The summed E-state index contributed by atoms with van der Waals surface area (Å²) >= 11 is 5.96. The largest absolute Gasteiger partial charge is 0.270 e. The SMILES string of the molecule is CC1CCC(C)N(S(=O)(=O)c2cc([N+](=O)[O-])ccc2Cl)C1. The molecule has 1 fully saturated rings. The summed E-state index contributed by atoms with van der Waals surface area (Å²) in [5.41, 5.74) is -0.282. The van der Waals surface area contributed by atoms with E-state index in [2.05, 4.69) is 0 Å². The third-order valence-electron chi connectivity index (χ3n) is 3.77. The van der Waals surface area contributed by atoms with Crippen molar-refractivity contribution in [2.24, 2.45) is 5.92 Å². The Morgan fingerprint density at radius 3 is 2.62 bits per heavy atom. The maximum Gasteiger partial charge on any atom is 0.270 e. The number of halogens is 1. The highest BCUT2D eigenvalue weighted by atomic mass is 35.5. The van der Waals surface area contributed by atoms with Crippen LogP contribution in [0.15, 0.2) is 23.1 Å². The Balaban J connectivity index is 2.48. The van der Waals surface area contributed by atoms with E-state index in [1.54, 1.807) is 0 Å². The minimum absolute atomic E-state index is 0.00558. The van der Waals surface area contributed by atoms with Crippen LogP contribution < -0.4 is 0 Å². The third-order valence-corrected chi connectivity index (χ3v) is 6.23. The van der Waals surface area contributed by atoms with Gasteiger partial charge in [0.15, 0.2) is 0 Å². The van der Waals surface area contributed by atoms with Crippen LogP contribution >= 0.6 is 11.6 Å². The van der Waals surface area contributed by atoms with Crippen molar-refractivity contribution in [2.75, 3.05) is 6.54 Å². The predicted octanol–water partition coefficient (Wildman–Crippen LogP) is 3.06. The molecule has 6 nitrogen and oxygen atoms in total. The summed E-state index contributed by atoms with van der Waals surface area (Å²) in [6.45, 7) is 4.24. The van der Waals surface area contributed by atoms with Crippen molar-refractivity contribution in [3.05, 3.63) is 33.3 Å². The summed E-state index contributed by atoms with van der Waals surface area (Å²) < 4.78 is 26.9. The lowest BCUT2D eigenvalue weighted by molar-refractivity contribution is -0.385. The molecule has 1 saturated heterocycles. The predicted molar refractivity (Wildman–Crippen MR) is 79.9 cm³/mol. The fourth-order valence-corrected chi connectivity index (χ4v) is 4.79. The molecule has 0 saturated carbocycles. The number of piperidine rings is 1. The van der Waals surface area contributed by atoms with Gasteiger partial charge in [0.1, 0.15) is 4.90 Å². The van der Waals surface area contributed by atoms with Crippen LogP contribution in [-0.4, -0.2) is 30.2 Å². The van der Waals surface area contributed by atoms with Gasteiger partial charge >= 0.3 is 0 Å². The van der Waals surface area contributed by atoms with Gasteiger partial charge in [-0.15, -0.1) is 0 Å². The number of benzene rings is 1. The molecule has 8 heteroatoms. The summed E-state index contributed by atoms with van der Waals surface area (Å²) in [5.74, 6) is 0.258. The van der Waals surface area contributed by atoms with Crippen LogP contribution in [0, 0.1) is 16.0 Å². The zero-order valence-corrected chi connectivity index (χ0v) is 13.4. The molecule has 0 bridgehead atoms. The van der Waals surface area contributed by atoms with E-state index >= 15 is 0 Å². The molecule has 1 aromatic rings. The Bertz CT molecular complexity index is 662. The molecule has 0 spiro atoms. The van der Waals surface area contributed by atoms with Gasteiger partial charge in [-0.25, -0.2) is 8.42 Å². The van der Waals surface area contributed by atoms with Gasteiger partial charge in [0.25, 0.3) is 5.69 Å². The smallest absolute Gasteiger partial charge is 0.258 e. The van der Waals surface area contributed by atoms with Crippen LogP contribution in [0.2, 0.25) is 5.02 Å². The van der Waals surface area contributed by atoms with Crippen LogP contribution in [-0.2, 0) is 10.0 Å². The standard InChI is InChI=1S/C13H17ClN2O4S/c1-9-3-4-10(2)15(8-9)21(19,20)13-7-11(16(17)18)5-6-12(13)14/h5-7,9-10H,3-4,8H2,1-2H3. The highest BCUT2D eigenvalue weighted by Gasteiger charge is 2.35. The quantitative estimate of drug-likeness (QED) is 0.629. The van der Waals surface area contributed by atoms with Crippen LogP contribution in [0.1, 0.15) is 26.7 Å². The second-order valence-electron chi connectivity index (χ2n) is 5.48. The monoisotopic (exact) mass is 332 g/mol. The zero-order valence-electron chi connectivity index (χ0n) is 11.8. The van der Waals surface area contributed by atoms with Gasteiger partial charge in [-0.05, 0) is 31.7 Å². The molecule has 0 aromatic heterocycles. The number of hydrogen-bond donors (Lipinski definition) is 0. The van der Waals surface area contributed by atoms with Gasteiger partial charge in [0.2, 0.25) is 10.0 Å². The van der Waals surface area contributed by atoms with Gasteiger partial charge < -0.3 is 0 Å². The lowest BCUT2D eigenvalue weighted by Crippen LogP contribution is -2.44. The number of sulfonamides is 1. The van der Waals surface area contributed by atoms with E-state index in [0.717, 1.165) is 18.9 Å². The summed E-state index contributed by atoms with van der Waals surface area (Å²) in [6.07, 6.45) is 1.74. The van der Waals surface area contributed by atoms with E-state index < -0.39 is 14.9 Å². The molecule has 0 N–H and O–H groups in total. The minimum atomic E-state index is -3.83. The Labute approximate surface area is 128 Å². The van der Waals surface area contributed by atoms with E-state index in [0.29, 0.717) is 6.54 Å². The average Bonchev–Trinajstić information content (AvgIpc) is 2.41. The second-order valence-corrected chi connectivity index (χ2v) is 7.74. The Morgan fingerprint density at radius 1 is 1.33 bits per heavy atom. The molecular weight excluding hydrogens is 316 g/mol. The van der Waals surface area contributed by atoms with E-state index in [1.807, 2.05) is 13.8 Å². The maximum absolute atomic E-state index is 12.8.